The number of aryl methyl sites for hydroxylation is 1. The summed E-state index contributed by atoms with van der Waals surface area (Å²) in [5, 5.41) is 0. The first-order valence-electron chi connectivity index (χ1n) is 10.7. The van der Waals surface area contributed by atoms with Gasteiger partial charge in [-0.25, -0.2) is 9.79 Å². The van der Waals surface area contributed by atoms with Crippen LogP contribution in [0.15, 0.2) is 69.6 Å². The summed E-state index contributed by atoms with van der Waals surface area (Å²) in [5.41, 5.74) is 3.55. The molecule has 0 amide bonds. The van der Waals surface area contributed by atoms with Crippen molar-refractivity contribution in [1.82, 2.24) is 4.57 Å². The summed E-state index contributed by atoms with van der Waals surface area (Å²) in [7, 11) is 1.60. The summed E-state index contributed by atoms with van der Waals surface area (Å²) < 4.78 is 13.0. The number of thiazole rings is 1. The van der Waals surface area contributed by atoms with E-state index in [1.165, 1.54) is 11.3 Å². The summed E-state index contributed by atoms with van der Waals surface area (Å²) in [4.78, 5) is 31.9. The van der Waals surface area contributed by atoms with Crippen molar-refractivity contribution in [2.24, 2.45) is 4.99 Å². The molecule has 1 unspecified atom stereocenters. The molecule has 0 saturated heterocycles. The lowest BCUT2D eigenvalue weighted by Gasteiger charge is -2.25. The number of rotatable bonds is 5. The van der Waals surface area contributed by atoms with Crippen molar-refractivity contribution < 1.29 is 14.3 Å². The number of aromatic nitrogens is 1. The highest BCUT2D eigenvalue weighted by Gasteiger charge is 2.33. The van der Waals surface area contributed by atoms with E-state index in [2.05, 4.69) is 4.99 Å². The van der Waals surface area contributed by atoms with Gasteiger partial charge in [0.2, 0.25) is 0 Å². The van der Waals surface area contributed by atoms with E-state index in [0.717, 1.165) is 16.7 Å². The van der Waals surface area contributed by atoms with Gasteiger partial charge in [-0.15, -0.1) is 0 Å². The summed E-state index contributed by atoms with van der Waals surface area (Å²) in [5.74, 6) is 0.220. The normalized spacial score (nSPS) is 15.9. The summed E-state index contributed by atoms with van der Waals surface area (Å²) in [6.07, 6.45) is 1.58. The van der Waals surface area contributed by atoms with Gasteiger partial charge in [0, 0.05) is 0 Å². The molecule has 0 N–H and O–H groups in total. The Labute approximate surface area is 196 Å². The minimum Gasteiger partial charge on any atom is -0.497 e. The largest absolute Gasteiger partial charge is 0.497 e. The average molecular weight is 463 g/mol. The molecule has 4 rings (SSSR count). The number of allylic oxidation sites excluding steroid dienone is 1. The lowest BCUT2D eigenvalue weighted by atomic mass is 9.96. The van der Waals surface area contributed by atoms with Gasteiger partial charge < -0.3 is 9.47 Å². The van der Waals surface area contributed by atoms with Crippen molar-refractivity contribution in [3.8, 4) is 5.75 Å². The average Bonchev–Trinajstić information content (AvgIpc) is 3.07. The molecular weight excluding hydrogens is 436 g/mol. The minimum atomic E-state index is -0.641. The smallest absolute Gasteiger partial charge is 0.338 e. The molecule has 0 fully saturated rings. The van der Waals surface area contributed by atoms with E-state index in [1.807, 2.05) is 61.5 Å². The highest BCUT2D eigenvalue weighted by molar-refractivity contribution is 7.07. The standard InChI is InChI=1S/C26H26N2O4S/c1-15(2)32-25(30)22-17(4)27-26-28(23(22)19-9-11-20(31-5)12-10-19)24(29)21(33-26)14-18-8-6-7-16(3)13-18/h6-15,23H,1-5H3/b21-14+. The van der Waals surface area contributed by atoms with E-state index in [4.69, 9.17) is 9.47 Å². The Morgan fingerprint density at radius 2 is 1.88 bits per heavy atom. The van der Waals surface area contributed by atoms with Gasteiger partial charge in [-0.3, -0.25) is 9.36 Å². The molecule has 0 aliphatic carbocycles. The van der Waals surface area contributed by atoms with Crippen LogP contribution in [0.2, 0.25) is 0 Å². The fourth-order valence-corrected chi connectivity index (χ4v) is 4.92. The fraction of sp³-hybridized carbons (Fsp3) is 0.269. The van der Waals surface area contributed by atoms with Crippen LogP contribution in [-0.4, -0.2) is 23.8 Å². The molecule has 1 aliphatic heterocycles. The van der Waals surface area contributed by atoms with E-state index in [0.29, 0.717) is 26.4 Å². The number of methoxy groups -OCH3 is 1. The molecule has 33 heavy (non-hydrogen) atoms. The van der Waals surface area contributed by atoms with Crippen molar-refractivity contribution >= 4 is 23.4 Å². The minimum absolute atomic E-state index is 0.191. The molecule has 6 nitrogen and oxygen atoms in total. The zero-order chi connectivity index (χ0) is 23.7. The number of esters is 1. The zero-order valence-electron chi connectivity index (χ0n) is 19.3. The molecule has 0 bridgehead atoms. The van der Waals surface area contributed by atoms with Gasteiger partial charge in [-0.1, -0.05) is 53.3 Å². The van der Waals surface area contributed by atoms with Crippen LogP contribution in [0.4, 0.5) is 0 Å². The summed E-state index contributed by atoms with van der Waals surface area (Å²) >= 11 is 1.32. The van der Waals surface area contributed by atoms with Crippen LogP contribution in [0.5, 0.6) is 5.75 Å². The van der Waals surface area contributed by atoms with Crippen molar-refractivity contribution in [1.29, 1.82) is 0 Å². The predicted octanol–water partition coefficient (Wildman–Crippen LogP) is 3.50. The van der Waals surface area contributed by atoms with E-state index >= 15 is 0 Å². The molecule has 7 heteroatoms. The van der Waals surface area contributed by atoms with Crippen molar-refractivity contribution in [2.75, 3.05) is 7.11 Å². The Kier molecular flexibility index (Phi) is 6.33. The molecule has 0 saturated carbocycles. The van der Waals surface area contributed by atoms with Gasteiger partial charge in [0.25, 0.3) is 5.56 Å². The fourth-order valence-electron chi connectivity index (χ4n) is 3.87. The maximum absolute atomic E-state index is 13.6. The highest BCUT2D eigenvalue weighted by Crippen LogP contribution is 2.31. The Balaban J connectivity index is 1.94. The topological polar surface area (TPSA) is 69.9 Å². The third-order valence-corrected chi connectivity index (χ3v) is 6.34. The molecule has 3 aromatic rings. The molecule has 1 atom stereocenters. The van der Waals surface area contributed by atoms with Gasteiger partial charge >= 0.3 is 5.97 Å². The Bertz CT molecular complexity index is 1410. The molecule has 170 valence electrons. The summed E-state index contributed by atoms with van der Waals surface area (Å²) in [6, 6.07) is 14.7. The Hall–Kier alpha value is -3.45. The molecule has 0 spiro atoms. The quantitative estimate of drug-likeness (QED) is 0.544. The monoisotopic (exact) mass is 462 g/mol. The third kappa shape index (κ3) is 4.54. The Morgan fingerprint density at radius 3 is 2.52 bits per heavy atom. The zero-order valence-corrected chi connectivity index (χ0v) is 20.1. The number of fused-ring (bicyclic) bond motifs is 1. The van der Waals surface area contributed by atoms with Gasteiger partial charge in [-0.05, 0) is 57.0 Å². The van der Waals surface area contributed by atoms with Crippen LogP contribution in [0.1, 0.15) is 43.5 Å². The lowest BCUT2D eigenvalue weighted by molar-refractivity contribution is -0.143. The van der Waals surface area contributed by atoms with Crippen LogP contribution >= 0.6 is 11.3 Å². The second-order valence-corrected chi connectivity index (χ2v) is 9.23. The maximum Gasteiger partial charge on any atom is 0.338 e. The molecule has 0 radical (unpaired) electrons. The van der Waals surface area contributed by atoms with Crippen LogP contribution in [0, 0.1) is 6.92 Å². The number of carbonyl (C=O) groups is 1. The van der Waals surface area contributed by atoms with E-state index in [9.17, 15) is 9.59 Å². The first kappa shape index (κ1) is 22.7. The first-order valence-corrected chi connectivity index (χ1v) is 11.5. The van der Waals surface area contributed by atoms with Gasteiger partial charge in [0.1, 0.15) is 5.75 Å². The molecule has 1 aliphatic rings. The van der Waals surface area contributed by atoms with Gasteiger partial charge in [-0.2, -0.15) is 0 Å². The number of nitrogens with zero attached hydrogens (tertiary/aromatic N) is 2. The lowest BCUT2D eigenvalue weighted by Crippen LogP contribution is -2.40. The highest BCUT2D eigenvalue weighted by atomic mass is 32.1. The number of hydrogen-bond donors (Lipinski definition) is 0. The van der Waals surface area contributed by atoms with Crippen molar-refractivity contribution in [2.45, 2.75) is 39.8 Å². The number of carbonyl (C=O) groups excluding carboxylic acids is 1. The van der Waals surface area contributed by atoms with E-state index in [1.54, 1.807) is 32.4 Å². The first-order chi connectivity index (χ1) is 15.8. The van der Waals surface area contributed by atoms with Crippen LogP contribution in [0.25, 0.3) is 6.08 Å². The van der Waals surface area contributed by atoms with E-state index < -0.39 is 12.0 Å². The predicted molar refractivity (Wildman–Crippen MR) is 129 cm³/mol. The van der Waals surface area contributed by atoms with Gasteiger partial charge in [0.15, 0.2) is 4.80 Å². The van der Waals surface area contributed by atoms with Crippen LogP contribution in [-0.2, 0) is 9.53 Å². The molecule has 1 aromatic heterocycles. The third-order valence-electron chi connectivity index (χ3n) is 5.36. The van der Waals surface area contributed by atoms with Crippen LogP contribution in [0.3, 0.4) is 0 Å². The molecular formula is C26H26N2O4S. The Morgan fingerprint density at radius 1 is 1.15 bits per heavy atom. The van der Waals surface area contributed by atoms with E-state index in [-0.39, 0.29) is 11.7 Å². The van der Waals surface area contributed by atoms with Crippen LogP contribution < -0.4 is 19.6 Å². The number of hydrogen-bond acceptors (Lipinski definition) is 6. The SMILES string of the molecule is COc1ccc(C2C(C(=O)OC(C)C)=C(C)N=c3s/c(=C/c4cccc(C)c4)c(=O)n32)cc1. The summed E-state index contributed by atoms with van der Waals surface area (Å²) in [6.45, 7) is 7.39. The second kappa shape index (κ2) is 9.19. The van der Waals surface area contributed by atoms with Crippen molar-refractivity contribution in [3.05, 3.63) is 96.2 Å². The number of benzene rings is 2. The molecule has 2 heterocycles. The second-order valence-electron chi connectivity index (χ2n) is 8.22. The maximum atomic E-state index is 13.6. The van der Waals surface area contributed by atoms with Crippen molar-refractivity contribution in [3.63, 3.8) is 0 Å². The number of ether oxygens (including phenoxy) is 2. The molecule has 2 aromatic carbocycles. The van der Waals surface area contributed by atoms with Gasteiger partial charge in [0.05, 0.1) is 35.1 Å².